The number of hydrogen-bond donors (Lipinski definition) is 3. The summed E-state index contributed by atoms with van der Waals surface area (Å²) in [6.45, 7) is 3.94. The number of piperidine rings is 2. The summed E-state index contributed by atoms with van der Waals surface area (Å²) in [6.07, 6.45) is 6.46. The van der Waals surface area contributed by atoms with Crippen molar-refractivity contribution >= 4 is 35.3 Å². The van der Waals surface area contributed by atoms with Gasteiger partial charge in [0.05, 0.1) is 29.5 Å². The molecule has 2 aliphatic heterocycles. The average Bonchev–Trinajstić information content (AvgIpc) is 3.53. The van der Waals surface area contributed by atoms with Crippen molar-refractivity contribution < 1.29 is 19.8 Å². The lowest BCUT2D eigenvalue weighted by molar-refractivity contribution is -0.122. The van der Waals surface area contributed by atoms with Gasteiger partial charge in [-0.25, -0.2) is 14.6 Å². The Kier molecular flexibility index (Phi) is 8.62. The van der Waals surface area contributed by atoms with E-state index in [0.29, 0.717) is 42.5 Å². The number of nitrogens with one attached hydrogen (secondary N) is 1. The number of aromatic nitrogens is 5. The summed E-state index contributed by atoms with van der Waals surface area (Å²) >= 11 is 0. The molecule has 0 amide bonds. The van der Waals surface area contributed by atoms with Crippen molar-refractivity contribution in [3.63, 3.8) is 0 Å². The fraction of sp³-hybridized carbons (Fsp3) is 0.375. The van der Waals surface area contributed by atoms with Gasteiger partial charge in [0.15, 0.2) is 0 Å². The highest BCUT2D eigenvalue weighted by Crippen LogP contribution is 2.34. The van der Waals surface area contributed by atoms with Gasteiger partial charge in [-0.1, -0.05) is 12.1 Å². The second kappa shape index (κ2) is 12.9. The van der Waals surface area contributed by atoms with Crippen LogP contribution in [0.4, 0.5) is 23.3 Å². The van der Waals surface area contributed by atoms with Crippen LogP contribution >= 0.6 is 0 Å². The molecule has 0 bridgehead atoms. The maximum atomic E-state index is 12.3. The third-order valence-corrected chi connectivity index (χ3v) is 8.18. The topological polar surface area (TPSA) is 150 Å². The molecular formula is C32H36N8O4. The molecule has 3 N–H and O–H groups in total. The van der Waals surface area contributed by atoms with E-state index in [-0.39, 0.29) is 11.9 Å². The highest BCUT2D eigenvalue weighted by Gasteiger charge is 2.26. The molecule has 3 atom stereocenters. The lowest BCUT2D eigenvalue weighted by atomic mass is 9.92. The maximum Gasteiger partial charge on any atom is 0.245 e. The van der Waals surface area contributed by atoms with E-state index in [1.165, 1.54) is 6.92 Å². The summed E-state index contributed by atoms with van der Waals surface area (Å²) in [4.78, 5) is 41.7. The van der Waals surface area contributed by atoms with Gasteiger partial charge < -0.3 is 30.1 Å². The lowest BCUT2D eigenvalue weighted by Crippen LogP contribution is -2.39. The van der Waals surface area contributed by atoms with Gasteiger partial charge in [-0.05, 0) is 74.6 Å². The molecule has 0 spiro atoms. The Balaban J connectivity index is 1.20. The van der Waals surface area contributed by atoms with Gasteiger partial charge in [-0.2, -0.15) is 4.98 Å². The Labute approximate surface area is 255 Å². The van der Waals surface area contributed by atoms with Crippen LogP contribution < -0.4 is 15.1 Å². The van der Waals surface area contributed by atoms with E-state index in [9.17, 15) is 19.8 Å². The second-order valence-electron chi connectivity index (χ2n) is 11.4. The lowest BCUT2D eigenvalue weighted by Gasteiger charge is -2.34. The molecule has 2 aliphatic rings. The van der Waals surface area contributed by atoms with Gasteiger partial charge >= 0.3 is 0 Å². The number of anilines is 4. The average molecular weight is 597 g/mol. The maximum absolute atomic E-state index is 12.3. The first-order chi connectivity index (χ1) is 21.4. The molecule has 2 fully saturated rings. The van der Waals surface area contributed by atoms with Crippen molar-refractivity contribution in [2.75, 3.05) is 41.3 Å². The largest absolute Gasteiger partial charge is 0.391 e. The Morgan fingerprint density at radius 1 is 0.977 bits per heavy atom. The van der Waals surface area contributed by atoms with Crippen LogP contribution in [0.15, 0.2) is 61.1 Å². The number of hydrogen-bond acceptors (Lipinski definition) is 11. The molecule has 6 rings (SSSR count). The SMILES string of the molecule is CC(=O)C(C=O)c1ccc(-c2ccnc(Nc3ccc(-n4cnc(N5CCCC(O)C5)n4)cc3)n2)cc1N1CCCC(O)C1. The Morgan fingerprint density at radius 3 is 2.41 bits per heavy atom. The molecule has 2 aromatic heterocycles. The van der Waals surface area contributed by atoms with Crippen LogP contribution in [0.25, 0.3) is 16.9 Å². The van der Waals surface area contributed by atoms with E-state index < -0.39 is 12.0 Å². The number of Topliss-reactive ketones (excluding diaryl/α,β-unsaturated/α-hetero) is 1. The summed E-state index contributed by atoms with van der Waals surface area (Å²) < 4.78 is 1.71. The number of nitrogens with zero attached hydrogens (tertiary/aromatic N) is 7. The molecule has 0 radical (unpaired) electrons. The first-order valence-electron chi connectivity index (χ1n) is 15.0. The van der Waals surface area contributed by atoms with Crippen molar-refractivity contribution in [3.8, 4) is 16.9 Å². The Bertz CT molecular complexity index is 1620. The van der Waals surface area contributed by atoms with Crippen molar-refractivity contribution in [1.82, 2.24) is 24.7 Å². The van der Waals surface area contributed by atoms with E-state index in [0.717, 1.165) is 61.4 Å². The smallest absolute Gasteiger partial charge is 0.245 e. The molecule has 44 heavy (non-hydrogen) atoms. The number of rotatable bonds is 9. The van der Waals surface area contributed by atoms with Crippen LogP contribution in [-0.2, 0) is 9.59 Å². The summed E-state index contributed by atoms with van der Waals surface area (Å²) in [5, 5.41) is 28.1. The van der Waals surface area contributed by atoms with Gasteiger partial charge in [0.1, 0.15) is 18.4 Å². The third-order valence-electron chi connectivity index (χ3n) is 8.18. The highest BCUT2D eigenvalue weighted by molar-refractivity contribution is 5.99. The number of aliphatic hydroxyl groups is 2. The number of ketones is 1. The normalized spacial score (nSPS) is 19.4. The van der Waals surface area contributed by atoms with Crippen LogP contribution in [0.1, 0.15) is 44.1 Å². The van der Waals surface area contributed by atoms with Gasteiger partial charge in [0.2, 0.25) is 11.9 Å². The van der Waals surface area contributed by atoms with Crippen LogP contribution in [0.5, 0.6) is 0 Å². The molecule has 0 aliphatic carbocycles. The van der Waals surface area contributed by atoms with Gasteiger partial charge in [-0.3, -0.25) is 4.79 Å². The summed E-state index contributed by atoms with van der Waals surface area (Å²) in [5.41, 5.74) is 4.50. The molecule has 4 aromatic rings. The van der Waals surface area contributed by atoms with Crippen LogP contribution in [0, 0.1) is 0 Å². The van der Waals surface area contributed by atoms with E-state index >= 15 is 0 Å². The number of carbonyl (C=O) groups excluding carboxylic acids is 2. The van der Waals surface area contributed by atoms with E-state index in [1.54, 1.807) is 17.2 Å². The summed E-state index contributed by atoms with van der Waals surface area (Å²) in [5.74, 6) is -0.0787. The molecule has 228 valence electrons. The molecule has 12 nitrogen and oxygen atoms in total. The zero-order valence-electron chi connectivity index (χ0n) is 24.6. The minimum Gasteiger partial charge on any atom is -0.391 e. The first-order valence-corrected chi connectivity index (χ1v) is 15.0. The molecule has 2 saturated heterocycles. The zero-order chi connectivity index (χ0) is 30.6. The number of aldehydes is 1. The number of β-amino-alcohol motifs (C(OH)–C–C–N with tert-alkyl or cyclic N) is 2. The number of carbonyl (C=O) groups is 2. The van der Waals surface area contributed by atoms with E-state index in [1.807, 2.05) is 58.3 Å². The molecule has 3 unspecified atom stereocenters. The van der Waals surface area contributed by atoms with Crippen LogP contribution in [0.3, 0.4) is 0 Å². The third kappa shape index (κ3) is 6.46. The van der Waals surface area contributed by atoms with Crippen molar-refractivity contribution in [3.05, 3.63) is 66.6 Å². The van der Waals surface area contributed by atoms with Crippen molar-refractivity contribution in [1.29, 1.82) is 0 Å². The molecular weight excluding hydrogens is 560 g/mol. The van der Waals surface area contributed by atoms with Gasteiger partial charge in [-0.15, -0.1) is 5.10 Å². The highest BCUT2D eigenvalue weighted by atomic mass is 16.3. The monoisotopic (exact) mass is 596 g/mol. The predicted molar refractivity (Wildman–Crippen MR) is 167 cm³/mol. The van der Waals surface area contributed by atoms with Crippen molar-refractivity contribution in [2.45, 2.75) is 50.7 Å². The van der Waals surface area contributed by atoms with Crippen LogP contribution in [-0.4, -0.2) is 85.4 Å². The standard InChI is InChI=1S/C32H36N8O4/c1-21(42)28(19-41)27-11-6-22(16-30(27)38-14-2-4-25(43)17-38)29-12-13-33-31(36-29)35-23-7-9-24(10-8-23)40-20-34-32(37-40)39-15-3-5-26(44)18-39/h6-13,16,19-20,25-26,28,43-44H,2-5,14-15,17-18H2,1H3,(H,33,35,36). The molecule has 12 heteroatoms. The quantitative estimate of drug-likeness (QED) is 0.193. The molecule has 2 aromatic carbocycles. The summed E-state index contributed by atoms with van der Waals surface area (Å²) in [6, 6.07) is 15.1. The Hall–Kier alpha value is -4.68. The van der Waals surface area contributed by atoms with Crippen molar-refractivity contribution in [2.24, 2.45) is 0 Å². The number of aliphatic hydroxyl groups excluding tert-OH is 2. The van der Waals surface area contributed by atoms with Gasteiger partial charge in [0.25, 0.3) is 0 Å². The minimum absolute atomic E-state index is 0.225. The zero-order valence-corrected chi connectivity index (χ0v) is 24.6. The second-order valence-corrected chi connectivity index (χ2v) is 11.4. The predicted octanol–water partition coefficient (Wildman–Crippen LogP) is 3.26. The van der Waals surface area contributed by atoms with E-state index in [2.05, 4.69) is 20.4 Å². The van der Waals surface area contributed by atoms with Crippen LogP contribution in [0.2, 0.25) is 0 Å². The van der Waals surface area contributed by atoms with E-state index in [4.69, 9.17) is 4.98 Å². The fourth-order valence-electron chi connectivity index (χ4n) is 5.87. The minimum atomic E-state index is -0.870. The fourth-order valence-corrected chi connectivity index (χ4v) is 5.87. The first kappa shape index (κ1) is 29.4. The molecule has 4 heterocycles. The molecule has 0 saturated carbocycles. The van der Waals surface area contributed by atoms with Gasteiger partial charge in [0, 0.05) is 49.3 Å². The summed E-state index contributed by atoms with van der Waals surface area (Å²) in [7, 11) is 0. The number of benzene rings is 2. The Morgan fingerprint density at radius 2 is 1.70 bits per heavy atom.